The zero-order valence-corrected chi connectivity index (χ0v) is 15.6. The molecule has 7 heteroatoms. The van der Waals surface area contributed by atoms with Crippen LogP contribution < -0.4 is 4.72 Å². The van der Waals surface area contributed by atoms with Gasteiger partial charge in [-0.1, -0.05) is 23.7 Å². The summed E-state index contributed by atoms with van der Waals surface area (Å²) in [6, 6.07) is 7.97. The van der Waals surface area contributed by atoms with Crippen LogP contribution >= 0.6 is 11.6 Å². The molecule has 24 heavy (non-hydrogen) atoms. The standard InChI is InChI=1S/C17H25ClN2O3S/c1-2-24(21,22)19-9-15-7-8-17(23-11-15)12-20(13-17)10-14-3-5-16(18)6-4-14/h3-6,15,19H,2,7-13H2,1H3/t15-/m1/s1. The largest absolute Gasteiger partial charge is 0.372 e. The molecular weight excluding hydrogens is 348 g/mol. The van der Waals surface area contributed by atoms with Gasteiger partial charge in [-0.25, -0.2) is 13.1 Å². The lowest BCUT2D eigenvalue weighted by Crippen LogP contribution is -2.64. The summed E-state index contributed by atoms with van der Waals surface area (Å²) in [4.78, 5) is 2.38. The molecular formula is C17H25ClN2O3S. The molecule has 1 aromatic carbocycles. The van der Waals surface area contributed by atoms with Crippen LogP contribution in [0.1, 0.15) is 25.3 Å². The Bertz CT molecular complexity index is 647. The highest BCUT2D eigenvalue weighted by Crippen LogP contribution is 2.36. The highest BCUT2D eigenvalue weighted by Gasteiger charge is 2.46. The van der Waals surface area contributed by atoms with Gasteiger partial charge in [0.1, 0.15) is 0 Å². The molecule has 0 aliphatic carbocycles. The van der Waals surface area contributed by atoms with Gasteiger partial charge in [0.15, 0.2) is 0 Å². The molecule has 2 heterocycles. The van der Waals surface area contributed by atoms with Crippen LogP contribution in [0.2, 0.25) is 5.02 Å². The second-order valence-corrected chi connectivity index (χ2v) is 9.45. The van der Waals surface area contributed by atoms with Crippen molar-refractivity contribution in [2.75, 3.05) is 32.0 Å². The summed E-state index contributed by atoms with van der Waals surface area (Å²) in [7, 11) is -3.11. The predicted octanol–water partition coefficient (Wildman–Crippen LogP) is 2.26. The van der Waals surface area contributed by atoms with Crippen LogP contribution in [0.5, 0.6) is 0 Å². The minimum absolute atomic E-state index is 0.0213. The van der Waals surface area contributed by atoms with Crippen molar-refractivity contribution in [3.63, 3.8) is 0 Å². The van der Waals surface area contributed by atoms with Crippen LogP contribution in [-0.4, -0.2) is 50.9 Å². The molecule has 2 saturated heterocycles. The number of likely N-dealkylation sites (tertiary alicyclic amines) is 1. The monoisotopic (exact) mass is 372 g/mol. The summed E-state index contributed by atoms with van der Waals surface area (Å²) in [6.45, 7) is 5.59. The van der Waals surface area contributed by atoms with Crippen molar-refractivity contribution in [2.24, 2.45) is 5.92 Å². The van der Waals surface area contributed by atoms with E-state index in [4.69, 9.17) is 16.3 Å². The van der Waals surface area contributed by atoms with Crippen LogP contribution in [0, 0.1) is 5.92 Å². The van der Waals surface area contributed by atoms with Gasteiger partial charge in [-0.05, 0) is 43.4 Å². The first kappa shape index (κ1) is 18.1. The fourth-order valence-electron chi connectivity index (χ4n) is 3.40. The summed E-state index contributed by atoms with van der Waals surface area (Å²) in [6.07, 6.45) is 2.02. The van der Waals surface area contributed by atoms with E-state index in [1.165, 1.54) is 5.56 Å². The number of halogens is 1. The maximum atomic E-state index is 11.5. The number of sulfonamides is 1. The lowest BCUT2D eigenvalue weighted by Gasteiger charge is -2.53. The minimum atomic E-state index is -3.11. The molecule has 1 N–H and O–H groups in total. The van der Waals surface area contributed by atoms with Gasteiger partial charge in [0.2, 0.25) is 10.0 Å². The number of nitrogens with zero attached hydrogens (tertiary/aromatic N) is 1. The maximum absolute atomic E-state index is 11.5. The Morgan fingerprint density at radius 3 is 2.62 bits per heavy atom. The van der Waals surface area contributed by atoms with Gasteiger partial charge in [0, 0.05) is 31.2 Å². The molecule has 0 amide bonds. The Kier molecular flexibility index (Phi) is 5.52. The zero-order valence-electron chi connectivity index (χ0n) is 14.0. The molecule has 0 radical (unpaired) electrons. The SMILES string of the molecule is CCS(=O)(=O)NC[C@H]1CCC2(CN(Cc3ccc(Cl)cc3)C2)OC1. The quantitative estimate of drug-likeness (QED) is 0.832. The van der Waals surface area contributed by atoms with E-state index in [1.807, 2.05) is 12.1 Å². The molecule has 0 bridgehead atoms. The Morgan fingerprint density at radius 1 is 1.33 bits per heavy atom. The molecule has 134 valence electrons. The summed E-state index contributed by atoms with van der Waals surface area (Å²) in [5.41, 5.74) is 1.24. The van der Waals surface area contributed by atoms with E-state index in [-0.39, 0.29) is 17.3 Å². The highest BCUT2D eigenvalue weighted by molar-refractivity contribution is 7.89. The molecule has 2 aliphatic heterocycles. The lowest BCUT2D eigenvalue weighted by atomic mass is 9.83. The van der Waals surface area contributed by atoms with E-state index in [0.29, 0.717) is 13.2 Å². The van der Waals surface area contributed by atoms with Crippen LogP contribution in [-0.2, 0) is 21.3 Å². The van der Waals surface area contributed by atoms with Crippen molar-refractivity contribution in [3.8, 4) is 0 Å². The molecule has 3 rings (SSSR count). The smallest absolute Gasteiger partial charge is 0.211 e. The van der Waals surface area contributed by atoms with Gasteiger partial charge < -0.3 is 4.74 Å². The third kappa shape index (κ3) is 4.49. The van der Waals surface area contributed by atoms with E-state index in [9.17, 15) is 8.42 Å². The zero-order chi connectivity index (χ0) is 17.2. The average Bonchev–Trinajstić information content (AvgIpc) is 2.55. The fourth-order valence-corrected chi connectivity index (χ4v) is 4.22. The van der Waals surface area contributed by atoms with Crippen molar-refractivity contribution >= 4 is 21.6 Å². The van der Waals surface area contributed by atoms with E-state index in [2.05, 4.69) is 21.8 Å². The first-order chi connectivity index (χ1) is 11.4. The van der Waals surface area contributed by atoms with Gasteiger partial charge in [-0.3, -0.25) is 4.90 Å². The normalized spacial score (nSPS) is 24.0. The Balaban J connectivity index is 1.41. The van der Waals surface area contributed by atoms with Crippen LogP contribution in [0.3, 0.4) is 0 Å². The van der Waals surface area contributed by atoms with Crippen molar-refractivity contribution in [2.45, 2.75) is 31.9 Å². The van der Waals surface area contributed by atoms with Crippen molar-refractivity contribution in [1.29, 1.82) is 0 Å². The molecule has 0 unspecified atom stereocenters. The van der Waals surface area contributed by atoms with Gasteiger partial charge in [0.25, 0.3) is 0 Å². The molecule has 2 fully saturated rings. The highest BCUT2D eigenvalue weighted by atomic mass is 35.5. The Morgan fingerprint density at radius 2 is 2.04 bits per heavy atom. The molecule has 1 spiro atoms. The summed E-state index contributed by atoms with van der Waals surface area (Å²) in [5, 5.41) is 0.763. The molecule has 1 aromatic rings. The summed E-state index contributed by atoms with van der Waals surface area (Å²) in [5.74, 6) is 0.409. The topological polar surface area (TPSA) is 58.6 Å². The summed E-state index contributed by atoms with van der Waals surface area (Å²) >= 11 is 5.91. The van der Waals surface area contributed by atoms with Gasteiger partial charge in [-0.15, -0.1) is 0 Å². The Labute approximate surface area is 149 Å². The van der Waals surface area contributed by atoms with Gasteiger partial charge in [-0.2, -0.15) is 0 Å². The van der Waals surface area contributed by atoms with E-state index >= 15 is 0 Å². The summed E-state index contributed by atoms with van der Waals surface area (Å²) < 4.78 is 31.8. The third-order valence-electron chi connectivity index (χ3n) is 4.95. The van der Waals surface area contributed by atoms with Crippen LogP contribution in [0.4, 0.5) is 0 Å². The number of hydrogen-bond acceptors (Lipinski definition) is 4. The van der Waals surface area contributed by atoms with Crippen molar-refractivity contribution < 1.29 is 13.2 Å². The van der Waals surface area contributed by atoms with Gasteiger partial charge in [0.05, 0.1) is 18.0 Å². The second-order valence-electron chi connectivity index (χ2n) is 6.92. The predicted molar refractivity (Wildman–Crippen MR) is 95.6 cm³/mol. The second kappa shape index (κ2) is 7.30. The van der Waals surface area contributed by atoms with Crippen molar-refractivity contribution in [3.05, 3.63) is 34.9 Å². The number of benzene rings is 1. The third-order valence-corrected chi connectivity index (χ3v) is 6.57. The van der Waals surface area contributed by atoms with E-state index in [1.54, 1.807) is 6.92 Å². The minimum Gasteiger partial charge on any atom is -0.372 e. The first-order valence-corrected chi connectivity index (χ1v) is 10.5. The lowest BCUT2D eigenvalue weighted by molar-refractivity contribution is -0.181. The van der Waals surface area contributed by atoms with E-state index in [0.717, 1.165) is 37.5 Å². The Hall–Kier alpha value is -0.660. The van der Waals surface area contributed by atoms with Crippen molar-refractivity contribution in [1.82, 2.24) is 9.62 Å². The maximum Gasteiger partial charge on any atom is 0.211 e. The first-order valence-electron chi connectivity index (χ1n) is 8.48. The van der Waals surface area contributed by atoms with Gasteiger partial charge >= 0.3 is 0 Å². The van der Waals surface area contributed by atoms with Crippen LogP contribution in [0.15, 0.2) is 24.3 Å². The number of nitrogens with one attached hydrogen (secondary N) is 1. The number of ether oxygens (including phenoxy) is 1. The molecule has 0 aromatic heterocycles. The fraction of sp³-hybridized carbons (Fsp3) is 0.647. The molecule has 1 atom stereocenters. The average molecular weight is 373 g/mol. The van der Waals surface area contributed by atoms with E-state index < -0.39 is 10.0 Å². The molecule has 2 aliphatic rings. The molecule has 0 saturated carbocycles. The number of rotatable bonds is 6. The molecule has 5 nitrogen and oxygen atoms in total. The van der Waals surface area contributed by atoms with Crippen LogP contribution in [0.25, 0.3) is 0 Å². The number of hydrogen-bond donors (Lipinski definition) is 1.